The van der Waals surface area contributed by atoms with Crippen LogP contribution in [0.5, 0.6) is 5.75 Å². The van der Waals surface area contributed by atoms with Crippen LogP contribution in [0.1, 0.15) is 30.5 Å². The number of fused-ring (bicyclic) bond motifs is 1. The van der Waals surface area contributed by atoms with Gasteiger partial charge in [-0.3, -0.25) is 9.36 Å². The number of ether oxygens (including phenoxy) is 2. The Balaban J connectivity index is 2.03. The quantitative estimate of drug-likeness (QED) is 0.538. The van der Waals surface area contributed by atoms with E-state index in [9.17, 15) is 9.59 Å². The first kappa shape index (κ1) is 22.0. The number of carbonyl (C=O) groups is 1. The molecule has 1 aliphatic heterocycles. The molecule has 8 heteroatoms. The number of hydrogen-bond donors (Lipinski definition) is 0. The molecule has 164 valence electrons. The highest BCUT2D eigenvalue weighted by Crippen LogP contribution is 2.36. The Bertz CT molecular complexity index is 1390. The minimum atomic E-state index is -0.711. The first-order valence-electron chi connectivity index (χ1n) is 10.00. The molecule has 4 rings (SSSR count). The van der Waals surface area contributed by atoms with Gasteiger partial charge < -0.3 is 9.47 Å². The van der Waals surface area contributed by atoms with Crippen LogP contribution in [0, 0.1) is 0 Å². The topological polar surface area (TPSA) is 69.9 Å². The SMILES string of the molecule is CCC1=C(C(=O)OC)[C@H](c2ccccc2OC)n2c(s/c(=C\c3ccc(Cl)cc3)c2=O)=N1. The van der Waals surface area contributed by atoms with Gasteiger partial charge in [-0.1, -0.05) is 60.2 Å². The second-order valence-electron chi connectivity index (χ2n) is 7.08. The van der Waals surface area contributed by atoms with E-state index < -0.39 is 12.0 Å². The van der Waals surface area contributed by atoms with Crippen LogP contribution in [-0.4, -0.2) is 24.8 Å². The van der Waals surface area contributed by atoms with Gasteiger partial charge in [0.05, 0.1) is 30.0 Å². The van der Waals surface area contributed by atoms with Gasteiger partial charge in [0.15, 0.2) is 4.80 Å². The zero-order valence-electron chi connectivity index (χ0n) is 17.8. The van der Waals surface area contributed by atoms with Crippen molar-refractivity contribution in [3.05, 3.63) is 95.6 Å². The third kappa shape index (κ3) is 3.89. The van der Waals surface area contributed by atoms with Crippen molar-refractivity contribution in [2.24, 2.45) is 4.99 Å². The van der Waals surface area contributed by atoms with E-state index in [1.165, 1.54) is 18.4 Å². The summed E-state index contributed by atoms with van der Waals surface area (Å²) in [6.45, 7) is 1.92. The molecule has 1 aromatic heterocycles. The normalized spacial score (nSPS) is 15.9. The second-order valence-corrected chi connectivity index (χ2v) is 8.53. The molecule has 0 aliphatic carbocycles. The van der Waals surface area contributed by atoms with Gasteiger partial charge >= 0.3 is 5.97 Å². The fourth-order valence-corrected chi connectivity index (χ4v) is 4.91. The minimum absolute atomic E-state index is 0.240. The predicted molar refractivity (Wildman–Crippen MR) is 125 cm³/mol. The lowest BCUT2D eigenvalue weighted by molar-refractivity contribution is -0.136. The summed E-state index contributed by atoms with van der Waals surface area (Å²) in [6, 6.07) is 13.9. The molecule has 0 unspecified atom stereocenters. The molecule has 2 aromatic carbocycles. The highest BCUT2D eigenvalue weighted by Gasteiger charge is 2.35. The van der Waals surface area contributed by atoms with E-state index in [4.69, 9.17) is 21.1 Å². The van der Waals surface area contributed by atoms with Gasteiger partial charge in [0.1, 0.15) is 11.8 Å². The van der Waals surface area contributed by atoms with E-state index in [0.29, 0.717) is 43.4 Å². The molecule has 0 amide bonds. The number of thiazole rings is 1. The Kier molecular flexibility index (Phi) is 6.30. The Morgan fingerprint density at radius 1 is 1.19 bits per heavy atom. The van der Waals surface area contributed by atoms with Crippen LogP contribution in [0.15, 0.2) is 69.6 Å². The van der Waals surface area contributed by atoms with Gasteiger partial charge in [-0.2, -0.15) is 0 Å². The van der Waals surface area contributed by atoms with E-state index in [1.807, 2.05) is 37.3 Å². The predicted octanol–water partition coefficient (Wildman–Crippen LogP) is 3.46. The lowest BCUT2D eigenvalue weighted by atomic mass is 9.94. The average Bonchev–Trinajstić information content (AvgIpc) is 3.13. The highest BCUT2D eigenvalue weighted by atomic mass is 35.5. The average molecular weight is 469 g/mol. The van der Waals surface area contributed by atoms with Crippen LogP contribution in [-0.2, 0) is 9.53 Å². The molecule has 0 radical (unpaired) electrons. The van der Waals surface area contributed by atoms with Gasteiger partial charge in [-0.15, -0.1) is 0 Å². The number of methoxy groups -OCH3 is 2. The smallest absolute Gasteiger partial charge is 0.338 e. The van der Waals surface area contributed by atoms with Crippen molar-refractivity contribution in [2.75, 3.05) is 14.2 Å². The molecule has 2 heterocycles. The molecule has 0 N–H and O–H groups in total. The van der Waals surface area contributed by atoms with Gasteiger partial charge in [0.25, 0.3) is 5.56 Å². The Morgan fingerprint density at radius 2 is 1.91 bits per heavy atom. The van der Waals surface area contributed by atoms with Crippen molar-refractivity contribution in [3.8, 4) is 5.75 Å². The zero-order valence-corrected chi connectivity index (χ0v) is 19.4. The largest absolute Gasteiger partial charge is 0.496 e. The zero-order chi connectivity index (χ0) is 22.8. The number of halogens is 1. The third-order valence-corrected chi connectivity index (χ3v) is 6.49. The lowest BCUT2D eigenvalue weighted by Gasteiger charge is -2.26. The fraction of sp³-hybridized carbons (Fsp3) is 0.208. The van der Waals surface area contributed by atoms with Gasteiger partial charge in [0.2, 0.25) is 0 Å². The first-order valence-corrected chi connectivity index (χ1v) is 11.2. The van der Waals surface area contributed by atoms with Crippen LogP contribution in [0.4, 0.5) is 0 Å². The summed E-state index contributed by atoms with van der Waals surface area (Å²) in [4.78, 5) is 31.6. The molecule has 0 saturated carbocycles. The van der Waals surface area contributed by atoms with Crippen molar-refractivity contribution in [3.63, 3.8) is 0 Å². The van der Waals surface area contributed by atoms with Crippen molar-refractivity contribution in [2.45, 2.75) is 19.4 Å². The van der Waals surface area contributed by atoms with Crippen LogP contribution in [0.3, 0.4) is 0 Å². The molecular weight excluding hydrogens is 448 g/mol. The van der Waals surface area contributed by atoms with E-state index in [1.54, 1.807) is 36.0 Å². The fourth-order valence-electron chi connectivity index (χ4n) is 3.76. The Labute approximate surface area is 193 Å². The monoisotopic (exact) mass is 468 g/mol. The molecule has 0 spiro atoms. The van der Waals surface area contributed by atoms with E-state index in [0.717, 1.165) is 5.56 Å². The lowest BCUT2D eigenvalue weighted by Crippen LogP contribution is -2.40. The third-order valence-electron chi connectivity index (χ3n) is 5.25. The molecule has 1 aliphatic rings. The molecular formula is C24H21ClN2O4S. The number of para-hydroxylation sites is 1. The summed E-state index contributed by atoms with van der Waals surface area (Å²) in [7, 11) is 2.89. The van der Waals surface area contributed by atoms with Crippen LogP contribution in [0.25, 0.3) is 6.08 Å². The number of aromatic nitrogens is 1. The maximum Gasteiger partial charge on any atom is 0.338 e. The standard InChI is InChI=1S/C24H21ClN2O4S/c1-4-17-20(23(29)31-3)21(16-7-5-6-8-18(16)30-2)27-22(28)19(32-24(27)26-17)13-14-9-11-15(25)12-10-14/h5-13,21H,4H2,1-3H3/b19-13-/t21-/m0/s1. The van der Waals surface area contributed by atoms with E-state index >= 15 is 0 Å². The van der Waals surface area contributed by atoms with Crippen molar-refractivity contribution in [1.82, 2.24) is 4.57 Å². The maximum absolute atomic E-state index is 13.6. The summed E-state index contributed by atoms with van der Waals surface area (Å²) in [5.41, 5.74) is 2.22. The number of rotatable bonds is 5. The minimum Gasteiger partial charge on any atom is -0.496 e. The van der Waals surface area contributed by atoms with E-state index in [-0.39, 0.29) is 5.56 Å². The van der Waals surface area contributed by atoms with Crippen LogP contribution < -0.4 is 19.6 Å². The number of benzene rings is 2. The first-order chi connectivity index (χ1) is 15.5. The molecule has 3 aromatic rings. The summed E-state index contributed by atoms with van der Waals surface area (Å²) in [5.74, 6) is 0.0528. The summed E-state index contributed by atoms with van der Waals surface area (Å²) in [6.07, 6.45) is 2.31. The Hall–Kier alpha value is -3.16. The Morgan fingerprint density at radius 3 is 2.56 bits per heavy atom. The van der Waals surface area contributed by atoms with Crippen LogP contribution in [0.2, 0.25) is 5.02 Å². The maximum atomic E-state index is 13.6. The van der Waals surface area contributed by atoms with Crippen molar-refractivity contribution >= 4 is 35.0 Å². The summed E-state index contributed by atoms with van der Waals surface area (Å²) < 4.78 is 12.7. The van der Waals surface area contributed by atoms with E-state index in [2.05, 4.69) is 4.99 Å². The molecule has 0 bridgehead atoms. The number of hydrogen-bond acceptors (Lipinski definition) is 6. The summed E-state index contributed by atoms with van der Waals surface area (Å²) >= 11 is 7.26. The van der Waals surface area contributed by atoms with Crippen molar-refractivity contribution in [1.29, 1.82) is 0 Å². The van der Waals surface area contributed by atoms with Crippen LogP contribution >= 0.6 is 22.9 Å². The summed E-state index contributed by atoms with van der Waals surface area (Å²) in [5, 5.41) is 0.620. The molecule has 6 nitrogen and oxygen atoms in total. The highest BCUT2D eigenvalue weighted by molar-refractivity contribution is 7.07. The number of allylic oxidation sites excluding steroid dienone is 1. The van der Waals surface area contributed by atoms with Gasteiger partial charge in [-0.25, -0.2) is 9.79 Å². The number of esters is 1. The van der Waals surface area contributed by atoms with Gasteiger partial charge in [0, 0.05) is 10.6 Å². The molecule has 0 fully saturated rings. The van der Waals surface area contributed by atoms with Crippen molar-refractivity contribution < 1.29 is 14.3 Å². The molecule has 1 atom stereocenters. The molecule has 32 heavy (non-hydrogen) atoms. The second kappa shape index (κ2) is 9.14. The van der Waals surface area contributed by atoms with Gasteiger partial charge in [-0.05, 0) is 36.3 Å². The molecule has 0 saturated heterocycles. The number of carbonyl (C=O) groups excluding carboxylic acids is 1. The number of nitrogens with zero attached hydrogens (tertiary/aromatic N) is 2.